The van der Waals surface area contributed by atoms with Gasteiger partial charge in [0.05, 0.1) is 21.8 Å². The number of benzene rings is 3. The maximum absolute atomic E-state index is 14.3. The van der Waals surface area contributed by atoms with Crippen molar-refractivity contribution in [2.75, 3.05) is 32.5 Å². The average molecular weight is 559 g/mol. The van der Waals surface area contributed by atoms with Gasteiger partial charge in [0.2, 0.25) is 0 Å². The standard InChI is InChI=1S/C32H32ClFN4O2/c1-37(2)24-11-12-38(18-24)17-19-3-8-23(9-4-19)36-30-25-13-21(22-14-27(33)32(40)28(34)15-22)7-10-29(25)35-16-26(30)31(39)20-5-6-20/h3-4,7-10,13-16,20,24,40H,5-6,11-12,17-18H2,1-2H3,(H,35,36). The van der Waals surface area contributed by atoms with Crippen molar-refractivity contribution in [3.63, 3.8) is 0 Å². The molecule has 2 aliphatic rings. The molecule has 6 rings (SSSR count). The minimum atomic E-state index is -0.789. The number of fused-ring (bicyclic) bond motifs is 1. The van der Waals surface area contributed by atoms with Gasteiger partial charge in [0.1, 0.15) is 0 Å². The molecule has 1 aromatic heterocycles. The van der Waals surface area contributed by atoms with Crippen molar-refractivity contribution in [3.05, 3.63) is 82.8 Å². The number of aromatic nitrogens is 1. The third-order valence-corrected chi connectivity index (χ3v) is 8.33. The largest absolute Gasteiger partial charge is 0.504 e. The molecule has 8 heteroatoms. The molecule has 1 unspecified atom stereocenters. The quantitative estimate of drug-likeness (QED) is 0.230. The number of likely N-dealkylation sites (tertiary alicyclic amines) is 1. The van der Waals surface area contributed by atoms with E-state index >= 15 is 0 Å². The number of carbonyl (C=O) groups is 1. The first kappa shape index (κ1) is 26.7. The Kier molecular flexibility index (Phi) is 7.21. The number of nitrogens with zero attached hydrogens (tertiary/aromatic N) is 3. The summed E-state index contributed by atoms with van der Waals surface area (Å²) >= 11 is 6.06. The van der Waals surface area contributed by atoms with E-state index in [1.54, 1.807) is 6.20 Å². The lowest BCUT2D eigenvalue weighted by atomic mass is 9.98. The number of ketones is 1. The van der Waals surface area contributed by atoms with Crippen molar-refractivity contribution in [1.82, 2.24) is 14.8 Å². The Bertz CT molecular complexity index is 1560. The fraction of sp³-hybridized carbons (Fsp3) is 0.312. The Morgan fingerprint density at radius 2 is 1.88 bits per heavy atom. The first-order chi connectivity index (χ1) is 19.3. The molecular formula is C32H32ClFN4O2. The van der Waals surface area contributed by atoms with Crippen LogP contribution in [0.1, 0.15) is 35.2 Å². The summed E-state index contributed by atoms with van der Waals surface area (Å²) in [6.07, 6.45) is 4.62. The molecular weight excluding hydrogens is 527 g/mol. The Balaban J connectivity index is 1.33. The Morgan fingerprint density at radius 1 is 1.10 bits per heavy atom. The van der Waals surface area contributed by atoms with Crippen LogP contribution in [0.2, 0.25) is 5.02 Å². The van der Waals surface area contributed by atoms with Crippen LogP contribution in [0.5, 0.6) is 5.75 Å². The first-order valence-corrected chi connectivity index (χ1v) is 14.0. The number of likely N-dealkylation sites (N-methyl/N-ethyl adjacent to an activating group) is 1. The molecule has 1 atom stereocenters. The molecule has 0 spiro atoms. The van der Waals surface area contributed by atoms with Crippen LogP contribution in [0.3, 0.4) is 0 Å². The van der Waals surface area contributed by atoms with Gasteiger partial charge in [-0.2, -0.15) is 0 Å². The third-order valence-electron chi connectivity index (χ3n) is 8.04. The summed E-state index contributed by atoms with van der Waals surface area (Å²) in [5.74, 6) is -1.25. The maximum atomic E-state index is 14.3. The summed E-state index contributed by atoms with van der Waals surface area (Å²) in [6.45, 7) is 3.07. The van der Waals surface area contributed by atoms with Crippen LogP contribution < -0.4 is 5.32 Å². The van der Waals surface area contributed by atoms with Crippen molar-refractivity contribution in [2.45, 2.75) is 31.8 Å². The fourth-order valence-electron chi connectivity index (χ4n) is 5.46. The van der Waals surface area contributed by atoms with E-state index in [0.717, 1.165) is 43.5 Å². The normalized spacial score (nSPS) is 17.6. The molecule has 40 heavy (non-hydrogen) atoms. The van der Waals surface area contributed by atoms with Crippen LogP contribution in [0.15, 0.2) is 60.8 Å². The number of anilines is 2. The molecule has 1 saturated carbocycles. The van der Waals surface area contributed by atoms with Gasteiger partial charge in [-0.25, -0.2) is 4.39 Å². The van der Waals surface area contributed by atoms with Crippen LogP contribution in [0, 0.1) is 11.7 Å². The Labute approximate surface area is 238 Å². The minimum absolute atomic E-state index is 0.0295. The van der Waals surface area contributed by atoms with Crippen LogP contribution in [0.4, 0.5) is 15.8 Å². The van der Waals surface area contributed by atoms with Gasteiger partial charge in [0.25, 0.3) is 0 Å². The second-order valence-electron chi connectivity index (χ2n) is 11.2. The summed E-state index contributed by atoms with van der Waals surface area (Å²) in [7, 11) is 4.28. The molecule has 1 aliphatic carbocycles. The highest BCUT2D eigenvalue weighted by Crippen LogP contribution is 2.39. The van der Waals surface area contributed by atoms with Crippen LogP contribution in [0.25, 0.3) is 22.0 Å². The number of phenolic OH excluding ortho intramolecular Hbond substituents is 1. The lowest BCUT2D eigenvalue weighted by Crippen LogP contribution is -2.31. The second-order valence-corrected chi connectivity index (χ2v) is 11.6. The molecule has 6 nitrogen and oxygen atoms in total. The number of hydrogen-bond donors (Lipinski definition) is 2. The Hall–Kier alpha value is -3.52. The predicted molar refractivity (Wildman–Crippen MR) is 158 cm³/mol. The van der Waals surface area contributed by atoms with E-state index in [1.807, 2.05) is 30.3 Å². The number of carbonyl (C=O) groups excluding carboxylic acids is 1. The maximum Gasteiger partial charge on any atom is 0.170 e. The smallest absolute Gasteiger partial charge is 0.170 e. The Morgan fingerprint density at radius 3 is 2.55 bits per heavy atom. The molecule has 2 heterocycles. The van der Waals surface area contributed by atoms with Crippen molar-refractivity contribution < 1.29 is 14.3 Å². The van der Waals surface area contributed by atoms with Crippen molar-refractivity contribution in [3.8, 4) is 16.9 Å². The topological polar surface area (TPSA) is 68.7 Å². The van der Waals surface area contributed by atoms with Gasteiger partial charge in [-0.05, 0) is 86.4 Å². The van der Waals surface area contributed by atoms with Crippen LogP contribution >= 0.6 is 11.6 Å². The van der Waals surface area contributed by atoms with Gasteiger partial charge in [0, 0.05) is 48.9 Å². The van der Waals surface area contributed by atoms with Gasteiger partial charge in [0.15, 0.2) is 17.3 Å². The zero-order chi connectivity index (χ0) is 28.0. The monoisotopic (exact) mass is 558 g/mol. The molecule has 2 N–H and O–H groups in total. The van der Waals surface area contributed by atoms with Crippen molar-refractivity contribution in [1.29, 1.82) is 0 Å². The summed E-state index contributed by atoms with van der Waals surface area (Å²) in [6, 6.07) is 17.3. The summed E-state index contributed by atoms with van der Waals surface area (Å²) in [5.41, 5.74) is 5.30. The molecule has 3 aromatic carbocycles. The second kappa shape index (κ2) is 10.8. The number of Topliss-reactive ketones (excluding diaryl/α,β-unsaturated/α-hetero) is 1. The number of halogens is 2. The summed E-state index contributed by atoms with van der Waals surface area (Å²) in [5, 5.41) is 14.0. The number of hydrogen-bond acceptors (Lipinski definition) is 6. The van der Waals surface area contributed by atoms with Crippen LogP contribution in [-0.2, 0) is 6.54 Å². The highest BCUT2D eigenvalue weighted by atomic mass is 35.5. The molecule has 1 aliphatic heterocycles. The number of phenols is 1. The molecule has 1 saturated heterocycles. The summed E-state index contributed by atoms with van der Waals surface area (Å²) < 4.78 is 14.3. The minimum Gasteiger partial charge on any atom is -0.504 e. The SMILES string of the molecule is CN(C)C1CCN(Cc2ccc(Nc3c(C(=O)C4CC4)cnc4ccc(-c5cc(F)c(O)c(Cl)c5)cc34)cc2)C1. The first-order valence-electron chi connectivity index (χ1n) is 13.7. The van der Waals surface area contributed by atoms with Crippen molar-refractivity contribution in [2.24, 2.45) is 5.92 Å². The number of aromatic hydroxyl groups is 1. The number of pyridine rings is 1. The van der Waals surface area contributed by atoms with E-state index in [4.69, 9.17) is 11.6 Å². The van der Waals surface area contributed by atoms with E-state index in [2.05, 4.69) is 46.3 Å². The molecule has 4 aromatic rings. The molecule has 0 bridgehead atoms. The molecule has 0 radical (unpaired) electrons. The zero-order valence-corrected chi connectivity index (χ0v) is 23.4. The average Bonchev–Trinajstić information content (AvgIpc) is 3.70. The van der Waals surface area contributed by atoms with Gasteiger partial charge in [-0.15, -0.1) is 0 Å². The van der Waals surface area contributed by atoms with E-state index < -0.39 is 11.6 Å². The molecule has 0 amide bonds. The number of nitrogens with one attached hydrogen (secondary N) is 1. The molecule has 2 fully saturated rings. The lowest BCUT2D eigenvalue weighted by molar-refractivity contribution is 0.0968. The predicted octanol–water partition coefficient (Wildman–Crippen LogP) is 6.87. The summed E-state index contributed by atoms with van der Waals surface area (Å²) in [4.78, 5) is 22.6. The zero-order valence-electron chi connectivity index (χ0n) is 22.6. The van der Waals surface area contributed by atoms with Gasteiger partial charge >= 0.3 is 0 Å². The van der Waals surface area contributed by atoms with Crippen molar-refractivity contribution >= 4 is 39.7 Å². The van der Waals surface area contributed by atoms with Gasteiger partial charge in [-0.3, -0.25) is 14.7 Å². The van der Waals surface area contributed by atoms with E-state index in [0.29, 0.717) is 33.9 Å². The van der Waals surface area contributed by atoms with Gasteiger partial charge < -0.3 is 15.3 Å². The van der Waals surface area contributed by atoms with E-state index in [1.165, 1.54) is 24.1 Å². The van der Waals surface area contributed by atoms with Gasteiger partial charge in [-0.1, -0.05) is 29.8 Å². The third kappa shape index (κ3) is 5.42. The molecule has 206 valence electrons. The highest BCUT2D eigenvalue weighted by Gasteiger charge is 2.32. The lowest BCUT2D eigenvalue weighted by Gasteiger charge is -2.20. The number of rotatable bonds is 8. The van der Waals surface area contributed by atoms with E-state index in [9.17, 15) is 14.3 Å². The van der Waals surface area contributed by atoms with E-state index in [-0.39, 0.29) is 16.7 Å². The highest BCUT2D eigenvalue weighted by molar-refractivity contribution is 6.32. The fourth-order valence-corrected chi connectivity index (χ4v) is 5.67. The van der Waals surface area contributed by atoms with Crippen LogP contribution in [-0.4, -0.2) is 58.9 Å².